The summed E-state index contributed by atoms with van der Waals surface area (Å²) in [7, 11) is 0. The van der Waals surface area contributed by atoms with E-state index in [0.717, 1.165) is 12.3 Å². The third-order valence-corrected chi connectivity index (χ3v) is 2.61. The van der Waals surface area contributed by atoms with Crippen LogP contribution in [0.1, 0.15) is 39.5 Å². The number of hydrogen-bond acceptors (Lipinski definition) is 2. The Balaban J connectivity index is 2.14. The van der Waals surface area contributed by atoms with Crippen LogP contribution in [0, 0.1) is 11.8 Å². The lowest BCUT2D eigenvalue weighted by Crippen LogP contribution is -2.30. The number of Topliss-reactive ketones (excluding diaryl/α,β-unsaturated/α-hetero) is 1. The van der Waals surface area contributed by atoms with Gasteiger partial charge in [0.25, 0.3) is 0 Å². The van der Waals surface area contributed by atoms with Crippen molar-refractivity contribution >= 4 is 5.78 Å². The topological polar surface area (TPSA) is 43.1 Å². The predicted molar refractivity (Wildman–Crippen MR) is 49.8 cm³/mol. The molecule has 0 saturated heterocycles. The number of nitrogens with two attached hydrogens (primary N) is 1. The molecule has 0 aromatic heterocycles. The monoisotopic (exact) mass is 169 g/mol. The molecule has 0 unspecified atom stereocenters. The van der Waals surface area contributed by atoms with Gasteiger partial charge in [-0.25, -0.2) is 0 Å². The fourth-order valence-corrected chi connectivity index (χ4v) is 1.62. The zero-order valence-electron chi connectivity index (χ0n) is 8.05. The van der Waals surface area contributed by atoms with Crippen LogP contribution in [-0.2, 0) is 4.79 Å². The first kappa shape index (κ1) is 9.72. The van der Waals surface area contributed by atoms with Crippen molar-refractivity contribution in [2.24, 2.45) is 17.6 Å². The van der Waals surface area contributed by atoms with Gasteiger partial charge < -0.3 is 5.73 Å². The average molecular weight is 169 g/mol. The van der Waals surface area contributed by atoms with Gasteiger partial charge in [-0.1, -0.05) is 19.8 Å². The maximum absolute atomic E-state index is 10.9. The second-order valence-electron chi connectivity index (χ2n) is 4.24. The Morgan fingerprint density at radius 2 is 2.17 bits per heavy atom. The van der Waals surface area contributed by atoms with Gasteiger partial charge in [0, 0.05) is 0 Å². The van der Waals surface area contributed by atoms with E-state index in [1.54, 1.807) is 6.92 Å². The van der Waals surface area contributed by atoms with Crippen LogP contribution in [0.25, 0.3) is 0 Å². The molecule has 0 heterocycles. The maximum Gasteiger partial charge on any atom is 0.146 e. The molecule has 1 rings (SSSR count). The zero-order valence-corrected chi connectivity index (χ0v) is 8.05. The Hall–Kier alpha value is -0.370. The Morgan fingerprint density at radius 1 is 1.58 bits per heavy atom. The molecule has 1 fully saturated rings. The van der Waals surface area contributed by atoms with Crippen LogP contribution >= 0.6 is 0 Å². The van der Waals surface area contributed by atoms with Crippen LogP contribution in [0.5, 0.6) is 0 Å². The summed E-state index contributed by atoms with van der Waals surface area (Å²) in [6.07, 6.45) is 4.91. The van der Waals surface area contributed by atoms with E-state index in [0.29, 0.717) is 5.92 Å². The SMILES string of the molecule is CC(=O)[C@@H](N)C[C@H](C)CC1CC1. The molecule has 70 valence electrons. The van der Waals surface area contributed by atoms with Gasteiger partial charge in [-0.05, 0) is 31.6 Å². The van der Waals surface area contributed by atoms with Gasteiger partial charge in [-0.2, -0.15) is 0 Å². The molecule has 0 amide bonds. The summed E-state index contributed by atoms with van der Waals surface area (Å²) in [5.74, 6) is 1.69. The van der Waals surface area contributed by atoms with Crippen molar-refractivity contribution in [1.29, 1.82) is 0 Å². The number of hydrogen-bond donors (Lipinski definition) is 1. The lowest BCUT2D eigenvalue weighted by atomic mass is 9.95. The van der Waals surface area contributed by atoms with E-state index in [9.17, 15) is 4.79 Å². The van der Waals surface area contributed by atoms with E-state index in [4.69, 9.17) is 5.73 Å². The van der Waals surface area contributed by atoms with Gasteiger partial charge in [0.05, 0.1) is 6.04 Å². The van der Waals surface area contributed by atoms with Gasteiger partial charge in [-0.15, -0.1) is 0 Å². The van der Waals surface area contributed by atoms with Crippen molar-refractivity contribution in [1.82, 2.24) is 0 Å². The molecule has 2 atom stereocenters. The van der Waals surface area contributed by atoms with Gasteiger partial charge >= 0.3 is 0 Å². The summed E-state index contributed by atoms with van der Waals surface area (Å²) < 4.78 is 0. The van der Waals surface area contributed by atoms with E-state index in [1.165, 1.54) is 19.3 Å². The van der Waals surface area contributed by atoms with Crippen LogP contribution < -0.4 is 5.73 Å². The Labute approximate surface area is 74.5 Å². The first-order valence-electron chi connectivity index (χ1n) is 4.85. The third kappa shape index (κ3) is 3.35. The molecule has 1 aliphatic carbocycles. The minimum Gasteiger partial charge on any atom is -0.322 e. The molecule has 0 radical (unpaired) electrons. The van der Waals surface area contributed by atoms with E-state index in [2.05, 4.69) is 6.92 Å². The maximum atomic E-state index is 10.9. The van der Waals surface area contributed by atoms with Crippen molar-refractivity contribution in [3.8, 4) is 0 Å². The Kier molecular flexibility index (Phi) is 3.27. The molecule has 0 aromatic carbocycles. The molecule has 12 heavy (non-hydrogen) atoms. The zero-order chi connectivity index (χ0) is 9.14. The van der Waals surface area contributed by atoms with E-state index in [-0.39, 0.29) is 11.8 Å². The third-order valence-electron chi connectivity index (χ3n) is 2.61. The summed E-state index contributed by atoms with van der Waals surface area (Å²) in [6, 6.07) is -0.223. The number of carbonyl (C=O) groups is 1. The predicted octanol–water partition coefficient (Wildman–Crippen LogP) is 1.73. The average Bonchev–Trinajstić information content (AvgIpc) is 2.71. The minimum atomic E-state index is -0.223. The molecular weight excluding hydrogens is 150 g/mol. The van der Waals surface area contributed by atoms with E-state index >= 15 is 0 Å². The highest BCUT2D eigenvalue weighted by molar-refractivity contribution is 5.81. The summed E-state index contributed by atoms with van der Waals surface area (Å²) in [4.78, 5) is 10.9. The van der Waals surface area contributed by atoms with Crippen LogP contribution in [-0.4, -0.2) is 11.8 Å². The molecule has 0 spiro atoms. The first-order valence-corrected chi connectivity index (χ1v) is 4.85. The van der Waals surface area contributed by atoms with E-state index < -0.39 is 0 Å². The van der Waals surface area contributed by atoms with Gasteiger partial charge in [0.15, 0.2) is 0 Å². The van der Waals surface area contributed by atoms with Crippen molar-refractivity contribution in [3.05, 3.63) is 0 Å². The lowest BCUT2D eigenvalue weighted by Gasteiger charge is -2.14. The van der Waals surface area contributed by atoms with Crippen LogP contribution in [0.2, 0.25) is 0 Å². The summed E-state index contributed by atoms with van der Waals surface area (Å²) in [5.41, 5.74) is 5.66. The molecule has 0 aromatic rings. The molecule has 0 bridgehead atoms. The van der Waals surface area contributed by atoms with Crippen LogP contribution in [0.3, 0.4) is 0 Å². The fraction of sp³-hybridized carbons (Fsp3) is 0.900. The van der Waals surface area contributed by atoms with Crippen LogP contribution in [0.4, 0.5) is 0 Å². The number of ketones is 1. The first-order chi connectivity index (χ1) is 5.59. The van der Waals surface area contributed by atoms with Crippen molar-refractivity contribution < 1.29 is 4.79 Å². The Bertz CT molecular complexity index is 163. The second kappa shape index (κ2) is 4.04. The Morgan fingerprint density at radius 3 is 2.58 bits per heavy atom. The highest BCUT2D eigenvalue weighted by atomic mass is 16.1. The fourth-order valence-electron chi connectivity index (χ4n) is 1.62. The second-order valence-corrected chi connectivity index (χ2v) is 4.24. The molecule has 2 N–H and O–H groups in total. The van der Waals surface area contributed by atoms with Crippen LogP contribution in [0.15, 0.2) is 0 Å². The molecule has 1 saturated carbocycles. The highest BCUT2D eigenvalue weighted by Crippen LogP contribution is 2.36. The summed E-state index contributed by atoms with van der Waals surface area (Å²) in [6.45, 7) is 3.77. The molecule has 1 aliphatic rings. The molecular formula is C10H19NO. The molecule has 0 aliphatic heterocycles. The standard InChI is InChI=1S/C10H19NO/c1-7(5-9-3-4-9)6-10(11)8(2)12/h7,9-10H,3-6,11H2,1-2H3/t7-,10+/m1/s1. The quantitative estimate of drug-likeness (QED) is 0.681. The molecule has 2 nitrogen and oxygen atoms in total. The van der Waals surface area contributed by atoms with Crippen molar-refractivity contribution in [3.63, 3.8) is 0 Å². The van der Waals surface area contributed by atoms with E-state index in [1.807, 2.05) is 0 Å². The van der Waals surface area contributed by atoms with Gasteiger partial charge in [0.1, 0.15) is 5.78 Å². The minimum absolute atomic E-state index is 0.123. The number of carbonyl (C=O) groups excluding carboxylic acids is 1. The smallest absolute Gasteiger partial charge is 0.146 e. The normalized spacial score (nSPS) is 21.9. The summed E-state index contributed by atoms with van der Waals surface area (Å²) >= 11 is 0. The summed E-state index contributed by atoms with van der Waals surface area (Å²) in [5, 5.41) is 0. The van der Waals surface area contributed by atoms with Crippen molar-refractivity contribution in [2.75, 3.05) is 0 Å². The van der Waals surface area contributed by atoms with Gasteiger partial charge in [0.2, 0.25) is 0 Å². The van der Waals surface area contributed by atoms with Crippen molar-refractivity contribution in [2.45, 2.75) is 45.6 Å². The van der Waals surface area contributed by atoms with Gasteiger partial charge in [-0.3, -0.25) is 4.79 Å². The largest absolute Gasteiger partial charge is 0.322 e. The molecule has 2 heteroatoms. The highest BCUT2D eigenvalue weighted by Gasteiger charge is 2.24. The number of rotatable bonds is 5. The lowest BCUT2D eigenvalue weighted by molar-refractivity contribution is -0.118.